The Balaban J connectivity index is 1.36. The highest BCUT2D eigenvalue weighted by atomic mass is 32.2. The fourth-order valence-corrected chi connectivity index (χ4v) is 4.75. The number of amides is 2. The van der Waals surface area contributed by atoms with E-state index in [-0.39, 0.29) is 23.5 Å². The van der Waals surface area contributed by atoms with E-state index < -0.39 is 6.36 Å². The molecule has 8 nitrogen and oxygen atoms in total. The summed E-state index contributed by atoms with van der Waals surface area (Å²) in [6.07, 6.45) is -3.16. The normalized spacial score (nSPS) is 12.3. The second-order valence-corrected chi connectivity index (χ2v) is 9.85. The van der Waals surface area contributed by atoms with Crippen LogP contribution in [-0.4, -0.2) is 28.8 Å². The van der Waals surface area contributed by atoms with Crippen molar-refractivity contribution in [3.63, 3.8) is 0 Å². The Kier molecular flexibility index (Phi) is 8.72. The molecule has 4 N–H and O–H groups in total. The first-order valence-corrected chi connectivity index (χ1v) is 13.1. The quantitative estimate of drug-likeness (QED) is 0.118. The van der Waals surface area contributed by atoms with Crippen LogP contribution >= 0.6 is 23.7 Å². The molecule has 13 heteroatoms. The average molecular weight is 573 g/mol. The van der Waals surface area contributed by atoms with Gasteiger partial charge in [0, 0.05) is 17.3 Å². The van der Waals surface area contributed by atoms with Crippen molar-refractivity contribution in [3.8, 4) is 5.75 Å². The van der Waals surface area contributed by atoms with Crippen LogP contribution in [0.5, 0.6) is 5.75 Å². The highest BCUT2D eigenvalue weighted by Gasteiger charge is 2.31. The van der Waals surface area contributed by atoms with Gasteiger partial charge >= 0.3 is 12.4 Å². The van der Waals surface area contributed by atoms with Crippen molar-refractivity contribution in [2.24, 2.45) is 15.1 Å². The monoisotopic (exact) mass is 572 g/mol. The van der Waals surface area contributed by atoms with E-state index in [2.05, 4.69) is 42.4 Å². The minimum absolute atomic E-state index is 0.122. The topological polar surface area (TPSA) is 114 Å². The molecule has 0 radical (unpaired) electrons. The molecule has 202 valence electrons. The molecule has 1 aromatic heterocycles. The van der Waals surface area contributed by atoms with Gasteiger partial charge in [0.05, 0.1) is 22.5 Å². The maximum atomic E-state index is 12.3. The van der Waals surface area contributed by atoms with Crippen molar-refractivity contribution in [2.45, 2.75) is 26.1 Å². The summed E-state index contributed by atoms with van der Waals surface area (Å²) in [5.74, 6) is 0.0417. The van der Waals surface area contributed by atoms with Gasteiger partial charge in [-0.25, -0.2) is 14.2 Å². The van der Waals surface area contributed by atoms with Crippen molar-refractivity contribution in [1.82, 2.24) is 9.10 Å². The third-order valence-electron chi connectivity index (χ3n) is 5.28. The summed E-state index contributed by atoms with van der Waals surface area (Å²) in [6.45, 7) is 4.11. The van der Waals surface area contributed by atoms with Crippen LogP contribution in [0.1, 0.15) is 36.6 Å². The molecule has 0 aliphatic rings. The number of para-hydroxylation sites is 1. The van der Waals surface area contributed by atoms with E-state index >= 15 is 0 Å². The van der Waals surface area contributed by atoms with Gasteiger partial charge in [-0.2, -0.15) is 4.37 Å². The summed E-state index contributed by atoms with van der Waals surface area (Å²) in [7, 11) is 0. The second kappa shape index (κ2) is 12.2. The number of carbonyl (C=O) groups is 1. The van der Waals surface area contributed by atoms with E-state index in [1.807, 2.05) is 42.5 Å². The number of hydrogen-bond donors (Lipinski definition) is 3. The average Bonchev–Trinajstić information content (AvgIpc) is 3.31. The van der Waals surface area contributed by atoms with Crippen molar-refractivity contribution >= 4 is 63.2 Å². The molecule has 1 heterocycles. The molecular formula is C26H23F3N6O2S2. The molecule has 0 saturated carbocycles. The van der Waals surface area contributed by atoms with Crippen molar-refractivity contribution in [3.05, 3.63) is 83.6 Å². The summed E-state index contributed by atoms with van der Waals surface area (Å²) < 4.78 is 52.9. The number of ether oxygens (including phenoxy) is 1. The number of nitrogens with one attached hydrogen (secondary N) is 2. The van der Waals surface area contributed by atoms with Gasteiger partial charge in [0.25, 0.3) is 0 Å². The third kappa shape index (κ3) is 7.71. The number of urea groups is 1. The largest absolute Gasteiger partial charge is 0.573 e. The Bertz CT molecular complexity index is 1520. The molecule has 0 aliphatic heterocycles. The summed E-state index contributed by atoms with van der Waals surface area (Å²) in [5, 5.41) is 3.60. The van der Waals surface area contributed by atoms with Gasteiger partial charge in [0.1, 0.15) is 11.4 Å². The molecule has 0 saturated heterocycles. The fraction of sp³-hybridized carbons (Fsp3) is 0.154. The Morgan fingerprint density at radius 3 is 2.59 bits per heavy atom. The molecule has 4 rings (SSSR count). The zero-order chi connectivity index (χ0) is 28.0. The summed E-state index contributed by atoms with van der Waals surface area (Å²) in [4.78, 5) is 16.5. The maximum Gasteiger partial charge on any atom is 0.573 e. The van der Waals surface area contributed by atoms with Gasteiger partial charge in [0.2, 0.25) is 0 Å². The van der Waals surface area contributed by atoms with E-state index in [9.17, 15) is 18.0 Å². The van der Waals surface area contributed by atoms with E-state index in [4.69, 9.17) is 5.73 Å². The number of fused-ring (bicyclic) bond motifs is 1. The number of alkyl halides is 3. The smallest absolute Gasteiger partial charge is 0.406 e. The predicted molar refractivity (Wildman–Crippen MR) is 151 cm³/mol. The van der Waals surface area contributed by atoms with Gasteiger partial charge in [-0.1, -0.05) is 44.2 Å². The molecule has 0 spiro atoms. The summed E-state index contributed by atoms with van der Waals surface area (Å²) in [6, 6.07) is 17.8. The minimum atomic E-state index is -4.77. The van der Waals surface area contributed by atoms with Crippen LogP contribution in [0.4, 0.5) is 29.3 Å². The lowest BCUT2D eigenvalue weighted by atomic mass is 10.0. The number of anilines is 1. The molecule has 0 bridgehead atoms. The highest BCUT2D eigenvalue weighted by Crippen LogP contribution is 2.27. The van der Waals surface area contributed by atoms with Gasteiger partial charge in [-0.3, -0.25) is 4.72 Å². The first-order valence-electron chi connectivity index (χ1n) is 11.5. The zero-order valence-electron chi connectivity index (χ0n) is 20.7. The van der Waals surface area contributed by atoms with Gasteiger partial charge in [-0.15, -0.1) is 13.2 Å². The number of nitrogens with zero attached hydrogens (tertiary/aromatic N) is 3. The summed E-state index contributed by atoms with van der Waals surface area (Å²) in [5.41, 5.74) is 9.52. The van der Waals surface area contributed by atoms with Gasteiger partial charge in [0.15, 0.2) is 5.84 Å². The number of halogens is 3. The number of amidine groups is 1. The standard InChI is InChI=1S/C26H23F3N6O2S2/c1-15(2)19-5-3-4-6-21(19)33-25(36)35-39-31-14-16-7-12-20-22(13-16)38-34-23(20)24(30)32-17-8-10-18(11-9-17)37-26(27,28)29/h3-15H,1-2H3,(H2,30,32)(H2,33,35,36). The number of aromatic nitrogens is 1. The van der Waals surface area contributed by atoms with Gasteiger partial charge in [-0.05, 0) is 65.0 Å². The Hall–Kier alpha value is -4.10. The lowest BCUT2D eigenvalue weighted by molar-refractivity contribution is -0.274. The van der Waals surface area contributed by atoms with Crippen molar-refractivity contribution < 1.29 is 22.7 Å². The Labute approximate surface area is 230 Å². The molecular weight excluding hydrogens is 549 g/mol. The van der Waals surface area contributed by atoms with Crippen molar-refractivity contribution in [1.29, 1.82) is 0 Å². The maximum absolute atomic E-state index is 12.3. The van der Waals surface area contributed by atoms with Crippen LogP contribution in [0.15, 0.2) is 76.1 Å². The van der Waals surface area contributed by atoms with Crippen LogP contribution in [0, 0.1) is 0 Å². The molecule has 0 unspecified atom stereocenters. The Morgan fingerprint density at radius 1 is 1.13 bits per heavy atom. The highest BCUT2D eigenvalue weighted by molar-refractivity contribution is 7.96. The fourth-order valence-electron chi connectivity index (χ4n) is 3.55. The van der Waals surface area contributed by atoms with Crippen LogP contribution in [0.25, 0.3) is 10.1 Å². The number of benzene rings is 3. The van der Waals surface area contributed by atoms with Crippen LogP contribution in [0.2, 0.25) is 0 Å². The number of aliphatic imine (C=N–C) groups is 1. The van der Waals surface area contributed by atoms with E-state index in [0.717, 1.165) is 51.2 Å². The van der Waals surface area contributed by atoms with E-state index in [1.165, 1.54) is 23.7 Å². The lowest BCUT2D eigenvalue weighted by Gasteiger charge is -2.13. The molecule has 4 aromatic rings. The van der Waals surface area contributed by atoms with Crippen LogP contribution in [-0.2, 0) is 0 Å². The number of hydrogen-bond acceptors (Lipinski definition) is 7. The van der Waals surface area contributed by atoms with Crippen LogP contribution in [0.3, 0.4) is 0 Å². The zero-order valence-corrected chi connectivity index (χ0v) is 22.3. The SMILES string of the molecule is CC(C)c1ccccc1NC(=O)NSN=Cc1ccc2c(C(N)=Nc3ccc(OC(F)(F)F)cc3)nsc2c1. The molecule has 0 atom stereocenters. The molecule has 0 aliphatic carbocycles. The van der Waals surface area contributed by atoms with Crippen LogP contribution < -0.4 is 20.5 Å². The summed E-state index contributed by atoms with van der Waals surface area (Å²) >= 11 is 2.12. The number of nitrogens with two attached hydrogens (primary N) is 1. The van der Waals surface area contributed by atoms with E-state index in [0.29, 0.717) is 11.4 Å². The van der Waals surface area contributed by atoms with E-state index in [1.54, 1.807) is 6.21 Å². The minimum Gasteiger partial charge on any atom is -0.406 e. The number of carbonyl (C=O) groups excluding carboxylic acids is 1. The first kappa shape index (κ1) is 27.9. The Morgan fingerprint density at radius 2 is 1.87 bits per heavy atom. The number of rotatable bonds is 8. The van der Waals surface area contributed by atoms with Crippen molar-refractivity contribution in [2.75, 3.05) is 5.32 Å². The molecule has 3 aromatic carbocycles. The lowest BCUT2D eigenvalue weighted by Crippen LogP contribution is -2.23. The second-order valence-electron chi connectivity index (χ2n) is 8.45. The molecule has 0 fully saturated rings. The molecule has 2 amide bonds. The van der Waals surface area contributed by atoms with Gasteiger partial charge < -0.3 is 15.8 Å². The third-order valence-corrected chi connectivity index (χ3v) is 6.58. The predicted octanol–water partition coefficient (Wildman–Crippen LogP) is 7.16. The first-order chi connectivity index (χ1) is 18.6. The molecule has 39 heavy (non-hydrogen) atoms.